The van der Waals surface area contributed by atoms with Gasteiger partial charge in [-0.2, -0.15) is 11.3 Å². The molecule has 1 unspecified atom stereocenters. The van der Waals surface area contributed by atoms with E-state index in [9.17, 15) is 0 Å². The van der Waals surface area contributed by atoms with Crippen molar-refractivity contribution in [2.75, 3.05) is 20.3 Å². The average Bonchev–Trinajstić information content (AvgIpc) is 3.07. The van der Waals surface area contributed by atoms with Crippen LogP contribution in [0.3, 0.4) is 0 Å². The van der Waals surface area contributed by atoms with Crippen LogP contribution in [0.15, 0.2) is 47.2 Å². The van der Waals surface area contributed by atoms with E-state index >= 15 is 0 Å². The van der Waals surface area contributed by atoms with Crippen molar-refractivity contribution in [3.63, 3.8) is 0 Å². The first kappa shape index (κ1) is 14.8. The Labute approximate surface area is 131 Å². The summed E-state index contributed by atoms with van der Waals surface area (Å²) in [6.45, 7) is 1.72. The van der Waals surface area contributed by atoms with Crippen LogP contribution in [0.2, 0.25) is 0 Å². The Morgan fingerprint density at radius 1 is 1.19 bits per heavy atom. The Bertz CT molecular complexity index is 532. The van der Waals surface area contributed by atoms with Crippen LogP contribution >= 0.6 is 11.3 Å². The molecular formula is C18H23NOS. The second-order valence-corrected chi connectivity index (χ2v) is 6.59. The summed E-state index contributed by atoms with van der Waals surface area (Å²) in [6.07, 6.45) is 3.26. The highest BCUT2D eigenvalue weighted by Gasteiger charge is 2.41. The number of nitrogens with one attached hydrogen (secondary N) is 1. The molecule has 1 saturated heterocycles. The van der Waals surface area contributed by atoms with Crippen LogP contribution < -0.4 is 5.32 Å². The van der Waals surface area contributed by atoms with Crippen LogP contribution in [0.1, 0.15) is 24.0 Å². The van der Waals surface area contributed by atoms with Gasteiger partial charge in [0.25, 0.3) is 0 Å². The van der Waals surface area contributed by atoms with Gasteiger partial charge in [-0.1, -0.05) is 30.3 Å². The first-order valence-electron chi connectivity index (χ1n) is 7.67. The summed E-state index contributed by atoms with van der Waals surface area (Å²) in [5.74, 6) is 0. The number of thiophene rings is 1. The fourth-order valence-corrected chi connectivity index (χ4v) is 4.24. The molecular weight excluding hydrogens is 278 g/mol. The van der Waals surface area contributed by atoms with Gasteiger partial charge < -0.3 is 10.1 Å². The lowest BCUT2D eigenvalue weighted by atomic mass is 9.67. The highest BCUT2D eigenvalue weighted by atomic mass is 32.1. The lowest BCUT2D eigenvalue weighted by Gasteiger charge is -2.44. The minimum absolute atomic E-state index is 0.177. The lowest BCUT2D eigenvalue weighted by molar-refractivity contribution is 0.0355. The second-order valence-electron chi connectivity index (χ2n) is 5.81. The van der Waals surface area contributed by atoms with Gasteiger partial charge in [0.05, 0.1) is 0 Å². The minimum atomic E-state index is 0.177. The van der Waals surface area contributed by atoms with Gasteiger partial charge in [0, 0.05) is 24.7 Å². The molecule has 1 aromatic heterocycles. The molecule has 1 N–H and O–H groups in total. The van der Waals surface area contributed by atoms with Crippen molar-refractivity contribution in [3.05, 3.63) is 58.3 Å². The Balaban J connectivity index is 1.93. The molecule has 1 atom stereocenters. The van der Waals surface area contributed by atoms with Crippen molar-refractivity contribution >= 4 is 11.3 Å². The van der Waals surface area contributed by atoms with Crippen LogP contribution in [0.5, 0.6) is 0 Å². The van der Waals surface area contributed by atoms with Gasteiger partial charge in [0.1, 0.15) is 0 Å². The summed E-state index contributed by atoms with van der Waals surface area (Å²) in [7, 11) is 2.09. The van der Waals surface area contributed by atoms with E-state index in [-0.39, 0.29) is 5.41 Å². The average molecular weight is 301 g/mol. The maximum atomic E-state index is 5.65. The fourth-order valence-electron chi connectivity index (χ4n) is 3.56. The number of hydrogen-bond acceptors (Lipinski definition) is 3. The Morgan fingerprint density at radius 3 is 2.57 bits per heavy atom. The molecule has 1 aliphatic heterocycles. The van der Waals surface area contributed by atoms with E-state index in [4.69, 9.17) is 4.74 Å². The second kappa shape index (κ2) is 6.73. The summed E-state index contributed by atoms with van der Waals surface area (Å²) in [5.41, 5.74) is 3.06. The number of hydrogen-bond donors (Lipinski definition) is 1. The molecule has 0 saturated carbocycles. The van der Waals surface area contributed by atoms with Gasteiger partial charge in [-0.15, -0.1) is 0 Å². The molecule has 1 fully saturated rings. The molecule has 0 radical (unpaired) electrons. The number of rotatable bonds is 5. The zero-order valence-electron chi connectivity index (χ0n) is 12.5. The number of likely N-dealkylation sites (N-methyl/N-ethyl adjacent to an activating group) is 1. The minimum Gasteiger partial charge on any atom is -0.381 e. The van der Waals surface area contributed by atoms with E-state index in [1.165, 1.54) is 11.1 Å². The molecule has 0 aliphatic carbocycles. The van der Waals surface area contributed by atoms with Crippen LogP contribution in [-0.4, -0.2) is 26.3 Å². The monoisotopic (exact) mass is 301 g/mol. The lowest BCUT2D eigenvalue weighted by Crippen LogP contribution is -2.51. The third kappa shape index (κ3) is 3.05. The molecule has 2 aromatic rings. The molecule has 2 nitrogen and oxygen atoms in total. The standard InChI is InChI=1S/C18H23NOS/c1-19-17(13-15-7-12-21-14-15)18(8-10-20-11-9-18)16-5-3-2-4-6-16/h2-7,12,14,17,19H,8-11,13H2,1H3. The highest BCUT2D eigenvalue weighted by molar-refractivity contribution is 7.07. The molecule has 0 amide bonds. The molecule has 21 heavy (non-hydrogen) atoms. The number of benzene rings is 1. The topological polar surface area (TPSA) is 21.3 Å². The highest BCUT2D eigenvalue weighted by Crippen LogP contribution is 2.39. The van der Waals surface area contributed by atoms with Crippen molar-refractivity contribution in [1.82, 2.24) is 5.32 Å². The van der Waals surface area contributed by atoms with E-state index in [0.717, 1.165) is 32.5 Å². The summed E-state index contributed by atoms with van der Waals surface area (Å²) < 4.78 is 5.65. The first-order chi connectivity index (χ1) is 10.3. The normalized spacial score (nSPS) is 19.3. The molecule has 0 spiro atoms. The zero-order chi connectivity index (χ0) is 14.5. The van der Waals surface area contributed by atoms with Gasteiger partial charge in [-0.05, 0) is 54.3 Å². The molecule has 3 heteroatoms. The van der Waals surface area contributed by atoms with E-state index < -0.39 is 0 Å². The van der Waals surface area contributed by atoms with Gasteiger partial charge in [-0.25, -0.2) is 0 Å². The van der Waals surface area contributed by atoms with E-state index in [1.807, 2.05) is 0 Å². The van der Waals surface area contributed by atoms with Gasteiger partial charge >= 0.3 is 0 Å². The predicted octanol–water partition coefficient (Wildman–Crippen LogP) is 3.63. The quantitative estimate of drug-likeness (QED) is 0.910. The van der Waals surface area contributed by atoms with Gasteiger partial charge in [0.2, 0.25) is 0 Å². The maximum Gasteiger partial charge on any atom is 0.0475 e. The van der Waals surface area contributed by atoms with E-state index in [1.54, 1.807) is 11.3 Å². The summed E-state index contributed by atoms with van der Waals surface area (Å²) in [6, 6.07) is 13.7. The van der Waals surface area contributed by atoms with Crippen LogP contribution in [0, 0.1) is 0 Å². The first-order valence-corrected chi connectivity index (χ1v) is 8.61. The summed E-state index contributed by atoms with van der Waals surface area (Å²) >= 11 is 1.78. The van der Waals surface area contributed by atoms with E-state index in [2.05, 4.69) is 59.5 Å². The number of ether oxygens (including phenoxy) is 1. The molecule has 112 valence electrons. The largest absolute Gasteiger partial charge is 0.381 e. The molecule has 2 heterocycles. The van der Waals surface area contributed by atoms with Crippen molar-refractivity contribution in [1.29, 1.82) is 0 Å². The SMILES string of the molecule is CNC(Cc1ccsc1)C1(c2ccccc2)CCOCC1. The van der Waals surface area contributed by atoms with Crippen LogP contribution in [0.25, 0.3) is 0 Å². The third-order valence-corrected chi connectivity index (χ3v) is 5.50. The van der Waals surface area contributed by atoms with E-state index in [0.29, 0.717) is 6.04 Å². The van der Waals surface area contributed by atoms with Crippen molar-refractivity contribution in [3.8, 4) is 0 Å². The summed E-state index contributed by atoms with van der Waals surface area (Å²) in [4.78, 5) is 0. The Kier molecular flexibility index (Phi) is 4.73. The zero-order valence-corrected chi connectivity index (χ0v) is 13.4. The Morgan fingerprint density at radius 2 is 1.95 bits per heavy atom. The maximum absolute atomic E-state index is 5.65. The van der Waals surface area contributed by atoms with Crippen molar-refractivity contribution in [2.45, 2.75) is 30.7 Å². The van der Waals surface area contributed by atoms with Gasteiger partial charge in [-0.3, -0.25) is 0 Å². The Hall–Kier alpha value is -1.16. The smallest absolute Gasteiger partial charge is 0.0475 e. The molecule has 0 bridgehead atoms. The summed E-state index contributed by atoms with van der Waals surface area (Å²) in [5, 5.41) is 8.03. The van der Waals surface area contributed by atoms with Crippen molar-refractivity contribution in [2.24, 2.45) is 0 Å². The van der Waals surface area contributed by atoms with Gasteiger partial charge in [0.15, 0.2) is 0 Å². The van der Waals surface area contributed by atoms with Crippen LogP contribution in [0.4, 0.5) is 0 Å². The molecule has 1 aliphatic rings. The molecule has 3 rings (SSSR count). The van der Waals surface area contributed by atoms with Crippen LogP contribution in [-0.2, 0) is 16.6 Å². The predicted molar refractivity (Wildman–Crippen MR) is 89.0 cm³/mol. The fraction of sp³-hybridized carbons (Fsp3) is 0.444. The molecule has 1 aromatic carbocycles. The van der Waals surface area contributed by atoms with Crippen molar-refractivity contribution < 1.29 is 4.74 Å². The third-order valence-electron chi connectivity index (χ3n) is 4.77.